The van der Waals surface area contributed by atoms with Crippen LogP contribution in [0.25, 0.3) is 0 Å². The van der Waals surface area contributed by atoms with Gasteiger partial charge >= 0.3 is 0 Å². The van der Waals surface area contributed by atoms with E-state index >= 15 is 0 Å². The second-order valence-electron chi connectivity index (χ2n) is 5.31. The fourth-order valence-corrected chi connectivity index (χ4v) is 2.60. The minimum absolute atomic E-state index is 0.542. The van der Waals surface area contributed by atoms with Crippen LogP contribution in [0.2, 0.25) is 0 Å². The van der Waals surface area contributed by atoms with Crippen molar-refractivity contribution in [3.05, 3.63) is 30.0 Å². The number of nitrogens with one attached hydrogen (secondary N) is 1. The van der Waals surface area contributed by atoms with Crippen LogP contribution in [0.3, 0.4) is 0 Å². The largest absolute Gasteiger partial charge is 0.437 e. The smallest absolute Gasteiger partial charge is 0.247 e. The van der Waals surface area contributed by atoms with Crippen molar-refractivity contribution in [1.82, 2.24) is 9.97 Å². The molecule has 2 aromatic rings. The third-order valence-electron chi connectivity index (χ3n) is 3.80. The normalized spacial score (nSPS) is 16.8. The molecule has 0 aliphatic carbocycles. The van der Waals surface area contributed by atoms with Crippen LogP contribution < -0.4 is 20.7 Å². The van der Waals surface area contributed by atoms with Crippen LogP contribution in [-0.2, 0) is 11.3 Å². The van der Waals surface area contributed by atoms with Crippen LogP contribution in [0.15, 0.2) is 24.4 Å². The standard InChI is InChI=1S/C15H17N5O2/c16-11-1-2-13-10(7-11)8-17-12-9-18-15(19-14(12)22-13)20-3-5-21-6-4-20/h1-2,7,9,17H,3-6,8,16H2. The van der Waals surface area contributed by atoms with E-state index in [0.29, 0.717) is 31.6 Å². The maximum Gasteiger partial charge on any atom is 0.247 e. The Hall–Kier alpha value is -2.54. The highest BCUT2D eigenvalue weighted by Crippen LogP contribution is 2.35. The van der Waals surface area contributed by atoms with Gasteiger partial charge in [-0.1, -0.05) is 0 Å². The molecule has 3 heterocycles. The molecule has 1 fully saturated rings. The Balaban J connectivity index is 1.67. The first-order valence-corrected chi connectivity index (χ1v) is 7.29. The van der Waals surface area contributed by atoms with E-state index in [4.69, 9.17) is 15.2 Å². The number of benzene rings is 1. The van der Waals surface area contributed by atoms with Crippen LogP contribution >= 0.6 is 0 Å². The average Bonchev–Trinajstić information content (AvgIpc) is 2.74. The molecule has 0 unspecified atom stereocenters. The summed E-state index contributed by atoms with van der Waals surface area (Å²) in [5.74, 6) is 1.98. The molecule has 1 aromatic carbocycles. The second-order valence-corrected chi connectivity index (χ2v) is 5.31. The Morgan fingerprint density at radius 1 is 1.23 bits per heavy atom. The van der Waals surface area contributed by atoms with Gasteiger partial charge in [0.2, 0.25) is 11.8 Å². The van der Waals surface area contributed by atoms with Gasteiger partial charge in [-0.15, -0.1) is 0 Å². The van der Waals surface area contributed by atoms with E-state index < -0.39 is 0 Å². The summed E-state index contributed by atoms with van der Waals surface area (Å²) in [7, 11) is 0. The van der Waals surface area contributed by atoms with E-state index in [-0.39, 0.29) is 0 Å². The van der Waals surface area contributed by atoms with Gasteiger partial charge in [0.05, 0.1) is 19.4 Å². The molecule has 114 valence electrons. The van der Waals surface area contributed by atoms with Gasteiger partial charge in [-0.05, 0) is 18.2 Å². The molecule has 2 aliphatic heterocycles. The molecule has 0 radical (unpaired) electrons. The third kappa shape index (κ3) is 2.39. The Morgan fingerprint density at radius 3 is 2.95 bits per heavy atom. The molecular weight excluding hydrogens is 282 g/mol. The van der Waals surface area contributed by atoms with Gasteiger partial charge in [0, 0.05) is 30.9 Å². The highest BCUT2D eigenvalue weighted by Gasteiger charge is 2.20. The van der Waals surface area contributed by atoms with Gasteiger partial charge in [-0.2, -0.15) is 4.98 Å². The van der Waals surface area contributed by atoms with E-state index in [9.17, 15) is 0 Å². The van der Waals surface area contributed by atoms with Crippen molar-refractivity contribution in [3.8, 4) is 11.6 Å². The van der Waals surface area contributed by atoms with Gasteiger partial charge in [0.15, 0.2) is 0 Å². The molecule has 3 N–H and O–H groups in total. The molecule has 0 atom stereocenters. The first-order chi connectivity index (χ1) is 10.8. The first-order valence-electron chi connectivity index (χ1n) is 7.29. The van der Waals surface area contributed by atoms with Crippen molar-refractivity contribution >= 4 is 17.3 Å². The van der Waals surface area contributed by atoms with E-state index in [1.54, 1.807) is 6.20 Å². The zero-order valence-electron chi connectivity index (χ0n) is 12.1. The maximum absolute atomic E-state index is 5.96. The van der Waals surface area contributed by atoms with Crippen LogP contribution in [-0.4, -0.2) is 36.3 Å². The fraction of sp³-hybridized carbons (Fsp3) is 0.333. The number of hydrogen-bond acceptors (Lipinski definition) is 7. The Kier molecular flexibility index (Phi) is 3.19. The van der Waals surface area contributed by atoms with Crippen molar-refractivity contribution in [2.24, 2.45) is 0 Å². The topological polar surface area (TPSA) is 85.5 Å². The third-order valence-corrected chi connectivity index (χ3v) is 3.80. The minimum Gasteiger partial charge on any atom is -0.437 e. The average molecular weight is 299 g/mol. The molecule has 0 spiro atoms. The summed E-state index contributed by atoms with van der Waals surface area (Å²) >= 11 is 0. The lowest BCUT2D eigenvalue weighted by Crippen LogP contribution is -2.37. The summed E-state index contributed by atoms with van der Waals surface area (Å²) in [5.41, 5.74) is 8.34. The van der Waals surface area contributed by atoms with E-state index in [0.717, 1.165) is 35.8 Å². The number of hydrogen-bond donors (Lipinski definition) is 2. The van der Waals surface area contributed by atoms with Gasteiger partial charge < -0.3 is 25.4 Å². The number of morpholine rings is 1. The maximum atomic E-state index is 5.96. The summed E-state index contributed by atoms with van der Waals surface area (Å²) in [6, 6.07) is 5.61. The van der Waals surface area contributed by atoms with Crippen LogP contribution in [0.5, 0.6) is 11.6 Å². The number of nitrogen functional groups attached to an aromatic ring is 1. The van der Waals surface area contributed by atoms with Crippen molar-refractivity contribution < 1.29 is 9.47 Å². The predicted octanol–water partition coefficient (Wildman–Crippen LogP) is 1.61. The van der Waals surface area contributed by atoms with Crippen molar-refractivity contribution in [1.29, 1.82) is 0 Å². The van der Waals surface area contributed by atoms with Crippen molar-refractivity contribution in [3.63, 3.8) is 0 Å². The van der Waals surface area contributed by atoms with Gasteiger partial charge in [-0.25, -0.2) is 4.98 Å². The van der Waals surface area contributed by atoms with Crippen molar-refractivity contribution in [2.45, 2.75) is 6.54 Å². The number of anilines is 3. The van der Waals surface area contributed by atoms with E-state index in [1.807, 2.05) is 18.2 Å². The Labute approximate surface area is 128 Å². The van der Waals surface area contributed by atoms with Crippen LogP contribution in [0.1, 0.15) is 5.56 Å². The zero-order valence-corrected chi connectivity index (χ0v) is 12.1. The lowest BCUT2D eigenvalue weighted by molar-refractivity contribution is 0.122. The SMILES string of the molecule is Nc1ccc2c(c1)CNc1cnc(N3CCOCC3)nc1O2. The van der Waals surface area contributed by atoms with E-state index in [1.165, 1.54) is 0 Å². The van der Waals surface area contributed by atoms with Gasteiger partial charge in [-0.3, -0.25) is 0 Å². The summed E-state index contributed by atoms with van der Waals surface area (Å²) in [6.45, 7) is 3.61. The molecule has 7 nitrogen and oxygen atoms in total. The summed E-state index contributed by atoms with van der Waals surface area (Å²) in [5, 5.41) is 3.29. The monoisotopic (exact) mass is 299 g/mol. The molecule has 1 aromatic heterocycles. The molecule has 4 rings (SSSR count). The number of aromatic nitrogens is 2. The highest BCUT2D eigenvalue weighted by molar-refractivity contribution is 5.60. The Morgan fingerprint density at radius 2 is 2.09 bits per heavy atom. The summed E-state index contributed by atoms with van der Waals surface area (Å²) < 4.78 is 11.3. The number of nitrogens with zero attached hydrogens (tertiary/aromatic N) is 3. The number of nitrogens with two attached hydrogens (primary N) is 1. The van der Waals surface area contributed by atoms with Gasteiger partial charge in [0.25, 0.3) is 0 Å². The minimum atomic E-state index is 0.542. The number of rotatable bonds is 1. The molecule has 0 bridgehead atoms. The molecule has 0 amide bonds. The molecule has 7 heteroatoms. The van der Waals surface area contributed by atoms with Crippen molar-refractivity contribution in [2.75, 3.05) is 42.3 Å². The molecule has 0 saturated carbocycles. The quantitative estimate of drug-likeness (QED) is 0.774. The first kappa shape index (κ1) is 13.1. The predicted molar refractivity (Wildman–Crippen MR) is 83.3 cm³/mol. The number of fused-ring (bicyclic) bond motifs is 2. The molecule has 2 aliphatic rings. The van der Waals surface area contributed by atoms with Crippen LogP contribution in [0.4, 0.5) is 17.3 Å². The lowest BCUT2D eigenvalue weighted by atomic mass is 10.2. The molecule has 1 saturated heterocycles. The fourth-order valence-electron chi connectivity index (χ4n) is 2.60. The summed E-state index contributed by atoms with van der Waals surface area (Å²) in [6.07, 6.45) is 1.77. The second kappa shape index (κ2) is 5.34. The molecular formula is C15H17N5O2. The van der Waals surface area contributed by atoms with Crippen LogP contribution in [0, 0.1) is 0 Å². The lowest BCUT2D eigenvalue weighted by Gasteiger charge is -2.27. The number of ether oxygens (including phenoxy) is 2. The summed E-state index contributed by atoms with van der Waals surface area (Å²) in [4.78, 5) is 11.1. The zero-order chi connectivity index (χ0) is 14.9. The van der Waals surface area contributed by atoms with E-state index in [2.05, 4.69) is 20.2 Å². The highest BCUT2D eigenvalue weighted by atomic mass is 16.5. The van der Waals surface area contributed by atoms with Gasteiger partial charge in [0.1, 0.15) is 11.4 Å². The molecule has 22 heavy (non-hydrogen) atoms. The Bertz CT molecular complexity index is 700.